The second-order valence-corrected chi connectivity index (χ2v) is 17.6. The zero-order valence-corrected chi connectivity index (χ0v) is 32.4. The Labute approximate surface area is 298 Å². The third kappa shape index (κ3) is 11.0. The Morgan fingerprint density at radius 2 is 1.65 bits per heavy atom. The number of piperidine rings is 1. The number of hydrazine groups is 1. The molecule has 2 aliphatic carbocycles. The minimum absolute atomic E-state index is 0.0105. The number of rotatable bonds is 20. The molecule has 11 nitrogen and oxygen atoms in total. The number of nitrogens with zero attached hydrogens (tertiary/aromatic N) is 1. The first-order chi connectivity index (χ1) is 23.1. The second-order valence-electron chi connectivity index (χ2n) is 16.6. The van der Waals surface area contributed by atoms with E-state index in [0.717, 1.165) is 57.8 Å². The Bertz CT molecular complexity index is 1150. The summed E-state index contributed by atoms with van der Waals surface area (Å²) in [5.74, 6) is -0.789. The third-order valence-corrected chi connectivity index (χ3v) is 12.4. The summed E-state index contributed by atoms with van der Waals surface area (Å²) in [6.07, 6.45) is 10.4. The summed E-state index contributed by atoms with van der Waals surface area (Å²) in [4.78, 5) is 56.3. The highest BCUT2D eigenvalue weighted by molar-refractivity contribution is 7.79. The van der Waals surface area contributed by atoms with E-state index < -0.39 is 40.9 Å². The predicted molar refractivity (Wildman–Crippen MR) is 195 cm³/mol. The van der Waals surface area contributed by atoms with Gasteiger partial charge in [-0.2, -0.15) is 0 Å². The van der Waals surface area contributed by atoms with Gasteiger partial charge in [-0.3, -0.25) is 24.6 Å². The molecule has 5 N–H and O–H groups in total. The van der Waals surface area contributed by atoms with E-state index in [4.69, 9.17) is 0 Å². The van der Waals surface area contributed by atoms with Crippen LogP contribution in [0.25, 0.3) is 0 Å². The molecule has 12 heteroatoms. The van der Waals surface area contributed by atoms with Crippen LogP contribution in [0.1, 0.15) is 132 Å². The molecule has 0 radical (unpaired) electrons. The molecule has 1 heterocycles. The maximum atomic E-state index is 14.7. The molecule has 282 valence electrons. The number of hydrogen-bond donors (Lipinski definition) is 5. The highest BCUT2D eigenvalue weighted by Crippen LogP contribution is 2.65. The fourth-order valence-corrected chi connectivity index (χ4v) is 8.73. The highest BCUT2D eigenvalue weighted by Gasteiger charge is 2.69. The number of hydrogen-bond acceptors (Lipinski definition) is 7. The fourth-order valence-electron chi connectivity index (χ4n) is 8.32. The molecule has 0 aromatic carbocycles. The molecule has 3 fully saturated rings. The minimum atomic E-state index is -1.79. The normalized spacial score (nSPS) is 25.1. The lowest BCUT2D eigenvalue weighted by atomic mass is 9.79. The molecular weight excluding hydrogens is 643 g/mol. The molecule has 3 rings (SSSR count). The van der Waals surface area contributed by atoms with E-state index in [1.165, 1.54) is 0 Å². The molecule has 1 saturated heterocycles. The van der Waals surface area contributed by atoms with Crippen LogP contribution in [-0.2, 0) is 30.3 Å². The van der Waals surface area contributed by atoms with Gasteiger partial charge in [0.1, 0.15) is 12.1 Å². The minimum Gasteiger partial charge on any atom is -0.350 e. The van der Waals surface area contributed by atoms with Crippen LogP contribution in [0.5, 0.6) is 0 Å². The van der Waals surface area contributed by atoms with Crippen molar-refractivity contribution in [1.82, 2.24) is 26.4 Å². The fraction of sp³-hybridized carbons (Fsp3) is 0.892. The number of fused-ring (bicyclic) bond motifs is 1. The van der Waals surface area contributed by atoms with Crippen molar-refractivity contribution in [1.29, 1.82) is 0 Å². The van der Waals surface area contributed by atoms with Gasteiger partial charge >= 0.3 is 0 Å². The Morgan fingerprint density at radius 1 is 0.980 bits per heavy atom. The summed E-state index contributed by atoms with van der Waals surface area (Å²) in [7, 11) is 0. The number of carbonyl (C=O) groups is 4. The summed E-state index contributed by atoms with van der Waals surface area (Å²) < 4.78 is 20.5. The Balaban J connectivity index is 1.84. The number of unbranched alkanes of at least 4 members (excludes halogenated alkanes) is 1. The van der Waals surface area contributed by atoms with Crippen molar-refractivity contribution in [2.24, 2.45) is 34.5 Å². The zero-order valence-electron chi connectivity index (χ0n) is 31.6. The van der Waals surface area contributed by atoms with Crippen LogP contribution in [0.4, 0.5) is 0 Å². The molecule has 0 spiro atoms. The summed E-state index contributed by atoms with van der Waals surface area (Å²) in [5.41, 5.74) is 6.93. The van der Waals surface area contributed by atoms with Crippen LogP contribution in [0.3, 0.4) is 0 Å². The molecular formula is C37H67N5O6S. The number of nitrogens with one attached hydrogen (secondary N) is 4. The van der Waals surface area contributed by atoms with Crippen molar-refractivity contribution in [3.63, 3.8) is 0 Å². The quantitative estimate of drug-likeness (QED) is 0.0691. The van der Waals surface area contributed by atoms with E-state index in [1.54, 1.807) is 11.8 Å². The first-order valence-electron chi connectivity index (χ1n) is 19.1. The topological polar surface area (TPSA) is 157 Å². The summed E-state index contributed by atoms with van der Waals surface area (Å²) in [6, 6.07) is -2.10. The average Bonchev–Trinajstić information content (AvgIpc) is 3.35. The molecule has 49 heavy (non-hydrogen) atoms. The van der Waals surface area contributed by atoms with Crippen molar-refractivity contribution < 1.29 is 27.9 Å². The van der Waals surface area contributed by atoms with Gasteiger partial charge in [0.15, 0.2) is 11.1 Å². The number of carbonyl (C=O) groups excluding carboxylic acids is 4. The molecule has 0 bridgehead atoms. The first-order valence-corrected chi connectivity index (χ1v) is 20.4. The number of Topliss-reactive ketones (excluding diaryl/α,β-unsaturated/α-hetero) is 1. The Morgan fingerprint density at radius 3 is 2.22 bits per heavy atom. The first kappa shape index (κ1) is 41.5. The van der Waals surface area contributed by atoms with Crippen LogP contribution in [-0.4, -0.2) is 80.2 Å². The van der Waals surface area contributed by atoms with Gasteiger partial charge < -0.3 is 20.1 Å². The monoisotopic (exact) mass is 709 g/mol. The van der Waals surface area contributed by atoms with Gasteiger partial charge in [0.05, 0.1) is 6.04 Å². The third-order valence-electron chi connectivity index (χ3n) is 11.7. The lowest BCUT2D eigenvalue weighted by Crippen LogP contribution is -2.62. The van der Waals surface area contributed by atoms with E-state index >= 15 is 0 Å². The van der Waals surface area contributed by atoms with E-state index in [-0.39, 0.29) is 52.2 Å². The standard InChI is InChI=1S/C37H67N5O6S/c1-9-12-20-27(32(43)34(45)38-11-3)39-33(44)31-29-26(37(29,7)8)23-42(31)35(46)30(25-18-14-13-15-19-25)41-40-28(36(4,5)6)22-24(10-2)17-16-21-49(47)48/h24-31,40-41H,9-23H2,1-8H3,(H,38,45)(H,39,44)(H,47,48)/t24?,26?,27?,28-,29+,30+,31+/m1/s1. The largest absolute Gasteiger partial charge is 0.350 e. The van der Waals surface area contributed by atoms with Gasteiger partial charge in [-0.25, -0.2) is 9.63 Å². The van der Waals surface area contributed by atoms with Gasteiger partial charge in [-0.05, 0) is 80.0 Å². The molecule has 8 atom stereocenters. The number of likely N-dealkylation sites (tertiary alicyclic amines) is 1. The molecule has 2 saturated carbocycles. The summed E-state index contributed by atoms with van der Waals surface area (Å²) in [5, 5.41) is 5.51. The van der Waals surface area contributed by atoms with Crippen molar-refractivity contribution in [3.05, 3.63) is 0 Å². The highest BCUT2D eigenvalue weighted by atomic mass is 32.2. The van der Waals surface area contributed by atoms with Crippen LogP contribution >= 0.6 is 0 Å². The van der Waals surface area contributed by atoms with Crippen LogP contribution in [0, 0.1) is 34.5 Å². The van der Waals surface area contributed by atoms with Crippen LogP contribution < -0.4 is 21.5 Å². The van der Waals surface area contributed by atoms with E-state index in [2.05, 4.69) is 63.0 Å². The lowest BCUT2D eigenvalue weighted by molar-refractivity contribution is -0.145. The molecule has 3 amide bonds. The van der Waals surface area contributed by atoms with Crippen molar-refractivity contribution >= 4 is 34.6 Å². The SMILES string of the molecule is CCCCC(NC(=O)[C@@H]1[C@@H]2C(CN1C(=O)[C@@H](NN[C@H](CC(CC)CCCS(=O)O)C(C)(C)C)C1CCCCC1)C2(C)C)C(=O)C(=O)NCC. The molecule has 0 aromatic rings. The van der Waals surface area contributed by atoms with E-state index in [1.807, 2.05) is 6.92 Å². The predicted octanol–water partition coefficient (Wildman–Crippen LogP) is 4.73. The van der Waals surface area contributed by atoms with Crippen LogP contribution in [0.15, 0.2) is 0 Å². The summed E-state index contributed by atoms with van der Waals surface area (Å²) in [6.45, 7) is 17.6. The molecule has 4 unspecified atom stereocenters. The van der Waals surface area contributed by atoms with Gasteiger partial charge in [0.2, 0.25) is 17.6 Å². The Hall–Kier alpha value is -1.89. The second kappa shape index (κ2) is 18.6. The van der Waals surface area contributed by atoms with E-state index in [9.17, 15) is 27.9 Å². The maximum Gasteiger partial charge on any atom is 0.289 e. The lowest BCUT2D eigenvalue weighted by Gasteiger charge is -2.40. The molecule has 0 aromatic heterocycles. The van der Waals surface area contributed by atoms with Gasteiger partial charge in [-0.15, -0.1) is 0 Å². The average molecular weight is 710 g/mol. The summed E-state index contributed by atoms with van der Waals surface area (Å²) >= 11 is -1.79. The van der Waals surface area contributed by atoms with Gasteiger partial charge in [0, 0.05) is 24.9 Å². The Kier molecular flexibility index (Phi) is 15.7. The molecule has 1 aliphatic heterocycles. The van der Waals surface area contributed by atoms with E-state index in [0.29, 0.717) is 38.3 Å². The van der Waals surface area contributed by atoms with Crippen molar-refractivity contribution in [2.45, 2.75) is 157 Å². The maximum absolute atomic E-state index is 14.7. The molecule has 3 aliphatic rings. The van der Waals surface area contributed by atoms with Crippen molar-refractivity contribution in [3.8, 4) is 0 Å². The van der Waals surface area contributed by atoms with Crippen LogP contribution in [0.2, 0.25) is 0 Å². The van der Waals surface area contributed by atoms with Crippen molar-refractivity contribution in [2.75, 3.05) is 18.8 Å². The number of ketones is 1. The zero-order chi connectivity index (χ0) is 36.5. The number of amides is 3. The van der Waals surface area contributed by atoms with Gasteiger partial charge in [-0.1, -0.05) is 87.0 Å². The van der Waals surface area contributed by atoms with Gasteiger partial charge in [0.25, 0.3) is 5.91 Å². The smallest absolute Gasteiger partial charge is 0.289 e. The number of likely N-dealkylation sites (N-methyl/N-ethyl adjacent to an activating group) is 1.